The van der Waals surface area contributed by atoms with Gasteiger partial charge in [0.05, 0.1) is 0 Å². The van der Waals surface area contributed by atoms with Crippen LogP contribution in [0.1, 0.15) is 52.9 Å². The molecule has 2 fully saturated rings. The van der Waals surface area contributed by atoms with Crippen molar-refractivity contribution in [1.82, 2.24) is 10.2 Å². The van der Waals surface area contributed by atoms with E-state index in [1.807, 2.05) is 0 Å². The molecule has 0 aromatic carbocycles. The number of hydrogen-bond donors (Lipinski definition) is 1. The average molecular weight is 252 g/mol. The van der Waals surface area contributed by atoms with Crippen molar-refractivity contribution in [2.24, 2.45) is 17.8 Å². The monoisotopic (exact) mass is 252 g/mol. The molecule has 0 bridgehead atoms. The first-order chi connectivity index (χ1) is 8.69. The Bertz CT molecular complexity index is 231. The normalized spacial score (nSPS) is 31.3. The van der Waals surface area contributed by atoms with E-state index in [1.54, 1.807) is 0 Å². The van der Waals surface area contributed by atoms with E-state index in [-0.39, 0.29) is 0 Å². The lowest BCUT2D eigenvalue weighted by Crippen LogP contribution is -2.51. The lowest BCUT2D eigenvalue weighted by molar-refractivity contribution is 0.102. The van der Waals surface area contributed by atoms with Crippen LogP contribution in [0.25, 0.3) is 0 Å². The van der Waals surface area contributed by atoms with Crippen LogP contribution < -0.4 is 5.32 Å². The summed E-state index contributed by atoms with van der Waals surface area (Å²) in [5, 5.41) is 3.68. The lowest BCUT2D eigenvalue weighted by atomic mass is 9.85. The number of likely N-dealkylation sites (tertiary alicyclic amines) is 1. The summed E-state index contributed by atoms with van der Waals surface area (Å²) in [6.45, 7) is 12.1. The van der Waals surface area contributed by atoms with Gasteiger partial charge in [-0.3, -0.25) is 0 Å². The van der Waals surface area contributed by atoms with E-state index in [2.05, 4.69) is 31.0 Å². The van der Waals surface area contributed by atoms with Crippen molar-refractivity contribution in [1.29, 1.82) is 0 Å². The first kappa shape index (κ1) is 14.3. The summed E-state index contributed by atoms with van der Waals surface area (Å²) >= 11 is 0. The highest BCUT2D eigenvalue weighted by atomic mass is 15.2. The molecule has 2 aliphatic rings. The van der Waals surface area contributed by atoms with E-state index in [1.165, 1.54) is 51.7 Å². The second-order valence-corrected chi connectivity index (χ2v) is 6.86. The van der Waals surface area contributed by atoms with Crippen LogP contribution in [0.5, 0.6) is 0 Å². The summed E-state index contributed by atoms with van der Waals surface area (Å²) in [6.07, 6.45) is 7.29. The summed E-state index contributed by atoms with van der Waals surface area (Å²) in [5.41, 5.74) is 0. The zero-order chi connectivity index (χ0) is 13.0. The molecular formula is C16H32N2. The van der Waals surface area contributed by atoms with Crippen LogP contribution in [0.4, 0.5) is 0 Å². The van der Waals surface area contributed by atoms with Crippen LogP contribution in [0.2, 0.25) is 0 Å². The van der Waals surface area contributed by atoms with Gasteiger partial charge in [0.15, 0.2) is 0 Å². The standard InChI is InChI=1S/C16H32N2/c1-4-17-16-9-15(13(2)3)11-18(12-16)10-14-7-5-6-8-14/h13-17H,4-12H2,1-3H3. The molecule has 0 radical (unpaired) electrons. The minimum absolute atomic E-state index is 0.734. The first-order valence-electron chi connectivity index (χ1n) is 8.14. The molecule has 2 nitrogen and oxygen atoms in total. The van der Waals surface area contributed by atoms with E-state index in [4.69, 9.17) is 0 Å². The van der Waals surface area contributed by atoms with Gasteiger partial charge in [-0.15, -0.1) is 0 Å². The Morgan fingerprint density at radius 3 is 2.50 bits per heavy atom. The summed E-state index contributed by atoms with van der Waals surface area (Å²) in [7, 11) is 0. The number of likely N-dealkylation sites (N-methyl/N-ethyl adjacent to an activating group) is 1. The maximum atomic E-state index is 3.68. The molecule has 2 rings (SSSR count). The predicted molar refractivity (Wildman–Crippen MR) is 78.8 cm³/mol. The average Bonchev–Trinajstić information content (AvgIpc) is 2.82. The fourth-order valence-corrected chi connectivity index (χ4v) is 3.86. The number of nitrogens with zero attached hydrogens (tertiary/aromatic N) is 1. The number of rotatable bonds is 5. The minimum atomic E-state index is 0.734. The van der Waals surface area contributed by atoms with Gasteiger partial charge >= 0.3 is 0 Å². The molecular weight excluding hydrogens is 220 g/mol. The zero-order valence-corrected chi connectivity index (χ0v) is 12.6. The fraction of sp³-hybridized carbons (Fsp3) is 1.00. The second kappa shape index (κ2) is 6.91. The van der Waals surface area contributed by atoms with Gasteiger partial charge in [-0.05, 0) is 43.6 Å². The SMILES string of the molecule is CCNC1CC(C(C)C)CN(CC2CCCC2)C1. The van der Waals surface area contributed by atoms with E-state index in [9.17, 15) is 0 Å². The van der Waals surface area contributed by atoms with Gasteiger partial charge in [0.2, 0.25) is 0 Å². The Kier molecular flexibility index (Phi) is 5.50. The molecule has 0 aromatic heterocycles. The molecule has 1 saturated heterocycles. The molecule has 1 N–H and O–H groups in total. The largest absolute Gasteiger partial charge is 0.313 e. The van der Waals surface area contributed by atoms with Crippen molar-refractivity contribution in [3.05, 3.63) is 0 Å². The molecule has 2 heteroatoms. The molecule has 1 saturated carbocycles. The second-order valence-electron chi connectivity index (χ2n) is 6.86. The summed E-state index contributed by atoms with van der Waals surface area (Å²) in [5.74, 6) is 2.72. The zero-order valence-electron chi connectivity index (χ0n) is 12.6. The Balaban J connectivity index is 1.87. The summed E-state index contributed by atoms with van der Waals surface area (Å²) in [6, 6.07) is 0.734. The number of piperidine rings is 1. The number of hydrogen-bond acceptors (Lipinski definition) is 2. The highest BCUT2D eigenvalue weighted by Gasteiger charge is 2.30. The van der Waals surface area contributed by atoms with Crippen molar-refractivity contribution < 1.29 is 0 Å². The molecule has 2 unspecified atom stereocenters. The Hall–Kier alpha value is -0.0800. The maximum absolute atomic E-state index is 3.68. The molecule has 0 aromatic rings. The van der Waals surface area contributed by atoms with Gasteiger partial charge in [-0.2, -0.15) is 0 Å². The number of nitrogens with one attached hydrogen (secondary N) is 1. The topological polar surface area (TPSA) is 15.3 Å². The maximum Gasteiger partial charge on any atom is 0.0198 e. The lowest BCUT2D eigenvalue weighted by Gasteiger charge is -2.40. The molecule has 0 spiro atoms. The van der Waals surface area contributed by atoms with Crippen LogP contribution in [0.3, 0.4) is 0 Å². The highest BCUT2D eigenvalue weighted by molar-refractivity contribution is 4.86. The third-order valence-electron chi connectivity index (χ3n) is 4.99. The van der Waals surface area contributed by atoms with Crippen LogP contribution in [0, 0.1) is 17.8 Å². The van der Waals surface area contributed by atoms with Gasteiger partial charge < -0.3 is 10.2 Å². The summed E-state index contributed by atoms with van der Waals surface area (Å²) < 4.78 is 0. The van der Waals surface area contributed by atoms with E-state index in [0.29, 0.717) is 0 Å². The van der Waals surface area contributed by atoms with Crippen molar-refractivity contribution >= 4 is 0 Å². The quantitative estimate of drug-likeness (QED) is 0.809. The molecule has 18 heavy (non-hydrogen) atoms. The van der Waals surface area contributed by atoms with Crippen LogP contribution >= 0.6 is 0 Å². The van der Waals surface area contributed by atoms with Crippen molar-refractivity contribution in [3.8, 4) is 0 Å². The third-order valence-corrected chi connectivity index (χ3v) is 4.99. The van der Waals surface area contributed by atoms with Crippen molar-refractivity contribution in [3.63, 3.8) is 0 Å². The van der Waals surface area contributed by atoms with Gasteiger partial charge in [-0.25, -0.2) is 0 Å². The highest BCUT2D eigenvalue weighted by Crippen LogP contribution is 2.29. The molecule has 2 atom stereocenters. The molecule has 1 aliphatic carbocycles. The van der Waals surface area contributed by atoms with Gasteiger partial charge in [0.25, 0.3) is 0 Å². The Morgan fingerprint density at radius 1 is 1.17 bits per heavy atom. The van der Waals surface area contributed by atoms with Gasteiger partial charge in [-0.1, -0.05) is 33.6 Å². The molecule has 106 valence electrons. The van der Waals surface area contributed by atoms with Crippen LogP contribution in [0.15, 0.2) is 0 Å². The molecule has 1 aliphatic heterocycles. The smallest absolute Gasteiger partial charge is 0.0198 e. The Labute approximate surface area is 114 Å². The van der Waals surface area contributed by atoms with Crippen LogP contribution in [-0.2, 0) is 0 Å². The van der Waals surface area contributed by atoms with E-state index >= 15 is 0 Å². The van der Waals surface area contributed by atoms with Crippen molar-refractivity contribution in [2.75, 3.05) is 26.2 Å². The van der Waals surface area contributed by atoms with Crippen molar-refractivity contribution in [2.45, 2.75) is 58.9 Å². The third kappa shape index (κ3) is 3.96. The van der Waals surface area contributed by atoms with Gasteiger partial charge in [0, 0.05) is 25.7 Å². The summed E-state index contributed by atoms with van der Waals surface area (Å²) in [4.78, 5) is 2.76. The van der Waals surface area contributed by atoms with Crippen LogP contribution in [-0.4, -0.2) is 37.1 Å². The van der Waals surface area contributed by atoms with E-state index < -0.39 is 0 Å². The van der Waals surface area contributed by atoms with E-state index in [0.717, 1.165) is 30.3 Å². The minimum Gasteiger partial charge on any atom is -0.313 e. The first-order valence-corrected chi connectivity index (χ1v) is 8.14. The predicted octanol–water partition coefficient (Wildman–Crippen LogP) is 3.13. The molecule has 1 heterocycles. The Morgan fingerprint density at radius 2 is 1.89 bits per heavy atom. The van der Waals surface area contributed by atoms with Gasteiger partial charge in [0.1, 0.15) is 0 Å². The molecule has 0 amide bonds. The fourth-order valence-electron chi connectivity index (χ4n) is 3.86.